The lowest BCUT2D eigenvalue weighted by Gasteiger charge is -2.21. The first-order valence-corrected chi connectivity index (χ1v) is 7.55. The predicted molar refractivity (Wildman–Crippen MR) is 84.2 cm³/mol. The molecule has 1 amide bonds. The van der Waals surface area contributed by atoms with Gasteiger partial charge in [-0.3, -0.25) is 19.4 Å². The van der Waals surface area contributed by atoms with Gasteiger partial charge in [-0.05, 0) is 37.5 Å². The quantitative estimate of drug-likeness (QED) is 0.882. The third-order valence-electron chi connectivity index (χ3n) is 3.81. The molecule has 1 fully saturated rings. The maximum atomic E-state index is 12.3. The number of nitrogens with one attached hydrogen (secondary N) is 1. The summed E-state index contributed by atoms with van der Waals surface area (Å²) in [5, 5.41) is 7.18. The Labute approximate surface area is 130 Å². The first kappa shape index (κ1) is 14.7. The fourth-order valence-corrected chi connectivity index (χ4v) is 2.57. The van der Waals surface area contributed by atoms with E-state index in [1.54, 1.807) is 17.1 Å². The lowest BCUT2D eigenvalue weighted by atomic mass is 10.2. The Hall–Kier alpha value is -2.21. The van der Waals surface area contributed by atoms with Gasteiger partial charge in [-0.15, -0.1) is 0 Å². The Morgan fingerprint density at radius 1 is 1.41 bits per heavy atom. The van der Waals surface area contributed by atoms with Crippen molar-refractivity contribution < 1.29 is 4.79 Å². The summed E-state index contributed by atoms with van der Waals surface area (Å²) in [6, 6.07) is 6.39. The SMILES string of the molecule is Cc1cc(NC(=O)CN(Cc2ccncc2)C2CC2)n(C)n1. The minimum absolute atomic E-state index is 0.00366. The summed E-state index contributed by atoms with van der Waals surface area (Å²) in [7, 11) is 1.83. The molecule has 2 aromatic heterocycles. The number of hydrogen-bond acceptors (Lipinski definition) is 4. The van der Waals surface area contributed by atoms with Crippen LogP contribution in [0.2, 0.25) is 0 Å². The molecule has 1 aliphatic rings. The number of pyridine rings is 1. The maximum absolute atomic E-state index is 12.3. The number of carbonyl (C=O) groups excluding carboxylic acids is 1. The zero-order chi connectivity index (χ0) is 15.5. The van der Waals surface area contributed by atoms with Gasteiger partial charge in [-0.2, -0.15) is 5.10 Å². The van der Waals surface area contributed by atoms with Gasteiger partial charge in [0.05, 0.1) is 12.2 Å². The predicted octanol–water partition coefficient (Wildman–Crippen LogP) is 1.73. The first-order chi connectivity index (χ1) is 10.6. The van der Waals surface area contributed by atoms with Gasteiger partial charge in [0.2, 0.25) is 5.91 Å². The highest BCUT2D eigenvalue weighted by Gasteiger charge is 2.30. The Morgan fingerprint density at radius 3 is 2.73 bits per heavy atom. The summed E-state index contributed by atoms with van der Waals surface area (Å²) in [5.74, 6) is 0.742. The summed E-state index contributed by atoms with van der Waals surface area (Å²) in [4.78, 5) is 18.6. The fraction of sp³-hybridized carbons (Fsp3) is 0.438. The van der Waals surface area contributed by atoms with Crippen molar-refractivity contribution >= 4 is 11.7 Å². The van der Waals surface area contributed by atoms with Crippen molar-refractivity contribution in [3.8, 4) is 0 Å². The summed E-state index contributed by atoms with van der Waals surface area (Å²) in [6.45, 7) is 3.10. The fourth-order valence-electron chi connectivity index (χ4n) is 2.57. The molecule has 0 atom stereocenters. The van der Waals surface area contributed by atoms with Gasteiger partial charge in [0.1, 0.15) is 5.82 Å². The molecule has 0 aliphatic heterocycles. The summed E-state index contributed by atoms with van der Waals surface area (Å²) >= 11 is 0. The van der Waals surface area contributed by atoms with Crippen LogP contribution in [-0.4, -0.2) is 38.2 Å². The molecule has 0 saturated heterocycles. The van der Waals surface area contributed by atoms with Gasteiger partial charge in [-0.25, -0.2) is 0 Å². The minimum Gasteiger partial charge on any atom is -0.310 e. The van der Waals surface area contributed by atoms with Crippen LogP contribution < -0.4 is 5.32 Å². The number of carbonyl (C=O) groups is 1. The van der Waals surface area contributed by atoms with E-state index in [0.717, 1.165) is 18.1 Å². The van der Waals surface area contributed by atoms with Crippen LogP contribution in [0.3, 0.4) is 0 Å². The van der Waals surface area contributed by atoms with Gasteiger partial charge in [0.15, 0.2) is 0 Å². The Morgan fingerprint density at radius 2 is 2.14 bits per heavy atom. The molecule has 116 valence electrons. The highest BCUT2D eigenvalue weighted by Crippen LogP contribution is 2.28. The minimum atomic E-state index is 0.00366. The van der Waals surface area contributed by atoms with Gasteiger partial charge in [0.25, 0.3) is 0 Å². The second-order valence-electron chi connectivity index (χ2n) is 5.83. The summed E-state index contributed by atoms with van der Waals surface area (Å²) in [6.07, 6.45) is 5.92. The molecule has 22 heavy (non-hydrogen) atoms. The normalized spacial score (nSPS) is 14.3. The van der Waals surface area contributed by atoms with Crippen LogP contribution in [0.4, 0.5) is 5.82 Å². The van der Waals surface area contributed by atoms with Crippen LogP contribution in [-0.2, 0) is 18.4 Å². The molecule has 0 aromatic carbocycles. The third kappa shape index (κ3) is 3.71. The molecule has 1 saturated carbocycles. The van der Waals surface area contributed by atoms with E-state index in [-0.39, 0.29) is 5.91 Å². The molecule has 0 spiro atoms. The number of amides is 1. The second kappa shape index (κ2) is 6.27. The highest BCUT2D eigenvalue weighted by molar-refractivity contribution is 5.91. The van der Waals surface area contributed by atoms with E-state index in [0.29, 0.717) is 12.6 Å². The lowest BCUT2D eigenvalue weighted by Crippen LogP contribution is -2.34. The van der Waals surface area contributed by atoms with Crippen molar-refractivity contribution in [1.29, 1.82) is 0 Å². The van der Waals surface area contributed by atoms with E-state index in [4.69, 9.17) is 0 Å². The second-order valence-corrected chi connectivity index (χ2v) is 5.83. The molecule has 0 unspecified atom stereocenters. The van der Waals surface area contributed by atoms with Crippen LogP contribution in [0.5, 0.6) is 0 Å². The van der Waals surface area contributed by atoms with Gasteiger partial charge in [0, 0.05) is 38.1 Å². The molecule has 1 N–H and O–H groups in total. The summed E-state index contributed by atoms with van der Waals surface area (Å²) < 4.78 is 1.69. The molecule has 0 bridgehead atoms. The number of aromatic nitrogens is 3. The van der Waals surface area contributed by atoms with Crippen molar-refractivity contribution in [1.82, 2.24) is 19.7 Å². The van der Waals surface area contributed by atoms with Gasteiger partial charge >= 0.3 is 0 Å². The molecular formula is C16H21N5O. The number of aryl methyl sites for hydroxylation is 2. The van der Waals surface area contributed by atoms with E-state index in [1.807, 2.05) is 32.2 Å². The highest BCUT2D eigenvalue weighted by atomic mass is 16.2. The van der Waals surface area contributed by atoms with Crippen LogP contribution in [0.1, 0.15) is 24.1 Å². The van der Waals surface area contributed by atoms with E-state index >= 15 is 0 Å². The number of nitrogens with zero attached hydrogens (tertiary/aromatic N) is 4. The van der Waals surface area contributed by atoms with E-state index < -0.39 is 0 Å². The van der Waals surface area contributed by atoms with Crippen molar-refractivity contribution in [3.63, 3.8) is 0 Å². The average Bonchev–Trinajstić information content (AvgIpc) is 3.27. The summed E-state index contributed by atoms with van der Waals surface area (Å²) in [5.41, 5.74) is 2.08. The molecule has 6 nitrogen and oxygen atoms in total. The standard InChI is InChI=1S/C16H21N5O/c1-12-9-15(20(2)19-12)18-16(22)11-21(14-3-4-14)10-13-5-7-17-8-6-13/h5-9,14H,3-4,10-11H2,1-2H3,(H,18,22). The van der Waals surface area contributed by atoms with Crippen molar-refractivity contribution in [2.24, 2.45) is 7.05 Å². The smallest absolute Gasteiger partial charge is 0.239 e. The van der Waals surface area contributed by atoms with E-state index in [1.165, 1.54) is 18.4 Å². The van der Waals surface area contributed by atoms with Crippen LogP contribution in [0.15, 0.2) is 30.6 Å². The molecular weight excluding hydrogens is 278 g/mol. The first-order valence-electron chi connectivity index (χ1n) is 7.55. The van der Waals surface area contributed by atoms with E-state index in [9.17, 15) is 4.79 Å². The molecule has 2 heterocycles. The topological polar surface area (TPSA) is 63.1 Å². The van der Waals surface area contributed by atoms with E-state index in [2.05, 4.69) is 20.3 Å². The zero-order valence-electron chi connectivity index (χ0n) is 13.0. The molecule has 1 aliphatic carbocycles. The lowest BCUT2D eigenvalue weighted by molar-refractivity contribution is -0.117. The van der Waals surface area contributed by atoms with Crippen molar-refractivity contribution in [2.45, 2.75) is 32.4 Å². The monoisotopic (exact) mass is 299 g/mol. The Kier molecular flexibility index (Phi) is 4.20. The molecule has 2 aromatic rings. The van der Waals surface area contributed by atoms with Gasteiger partial charge < -0.3 is 5.32 Å². The van der Waals surface area contributed by atoms with Crippen LogP contribution >= 0.6 is 0 Å². The van der Waals surface area contributed by atoms with Crippen LogP contribution in [0.25, 0.3) is 0 Å². The van der Waals surface area contributed by atoms with Crippen molar-refractivity contribution in [3.05, 3.63) is 41.9 Å². The Bertz CT molecular complexity index is 648. The largest absolute Gasteiger partial charge is 0.310 e. The molecule has 3 rings (SSSR count). The average molecular weight is 299 g/mol. The van der Waals surface area contributed by atoms with Gasteiger partial charge in [-0.1, -0.05) is 0 Å². The number of anilines is 1. The van der Waals surface area contributed by atoms with Crippen LogP contribution in [0, 0.1) is 6.92 Å². The van der Waals surface area contributed by atoms with Crippen molar-refractivity contribution in [2.75, 3.05) is 11.9 Å². The maximum Gasteiger partial charge on any atom is 0.239 e. The molecule has 6 heteroatoms. The third-order valence-corrected chi connectivity index (χ3v) is 3.81. The molecule has 0 radical (unpaired) electrons. The zero-order valence-corrected chi connectivity index (χ0v) is 13.0. The number of rotatable bonds is 6. The Balaban J connectivity index is 1.61. The number of hydrogen-bond donors (Lipinski definition) is 1.